The number of aryl methyl sites for hydroxylation is 1. The second-order valence-corrected chi connectivity index (χ2v) is 7.13. The van der Waals surface area contributed by atoms with Crippen LogP contribution in [0.5, 0.6) is 0 Å². The normalized spacial score (nSPS) is 11.7. The van der Waals surface area contributed by atoms with Gasteiger partial charge in [0, 0.05) is 22.8 Å². The third-order valence-electron chi connectivity index (χ3n) is 2.55. The number of rotatable bonds is 6. The van der Waals surface area contributed by atoms with Crippen LogP contribution in [0.4, 0.5) is 0 Å². The molecule has 7 heteroatoms. The van der Waals surface area contributed by atoms with Crippen molar-refractivity contribution in [3.63, 3.8) is 0 Å². The first-order valence-electron chi connectivity index (χ1n) is 6.17. The molecule has 1 N–H and O–H groups in total. The minimum atomic E-state index is -3.86. The van der Waals surface area contributed by atoms with Crippen LogP contribution in [-0.4, -0.2) is 33.6 Å². The van der Waals surface area contributed by atoms with Crippen LogP contribution in [0.1, 0.15) is 29.8 Å². The van der Waals surface area contributed by atoms with Crippen LogP contribution in [0.2, 0.25) is 0 Å². The van der Waals surface area contributed by atoms with Crippen molar-refractivity contribution in [1.29, 1.82) is 0 Å². The van der Waals surface area contributed by atoms with E-state index in [9.17, 15) is 13.2 Å². The van der Waals surface area contributed by atoms with Crippen LogP contribution >= 0.6 is 10.7 Å². The highest BCUT2D eigenvalue weighted by Crippen LogP contribution is 2.20. The summed E-state index contributed by atoms with van der Waals surface area (Å²) in [5.74, 6) is -0.362. The molecule has 0 aliphatic carbocycles. The summed E-state index contributed by atoms with van der Waals surface area (Å²) in [6, 6.07) is 4.38. The van der Waals surface area contributed by atoms with Gasteiger partial charge < -0.3 is 10.1 Å². The van der Waals surface area contributed by atoms with Crippen LogP contribution in [-0.2, 0) is 13.8 Å². The fourth-order valence-corrected chi connectivity index (χ4v) is 2.78. The van der Waals surface area contributed by atoms with Gasteiger partial charge in [-0.3, -0.25) is 4.79 Å². The molecule has 0 aliphatic heterocycles. The van der Waals surface area contributed by atoms with E-state index >= 15 is 0 Å². The number of hydrogen-bond acceptors (Lipinski definition) is 4. The van der Waals surface area contributed by atoms with Crippen molar-refractivity contribution in [2.24, 2.45) is 0 Å². The Morgan fingerprint density at radius 2 is 2.05 bits per heavy atom. The van der Waals surface area contributed by atoms with Crippen molar-refractivity contribution in [2.45, 2.75) is 31.8 Å². The number of carbonyl (C=O) groups is 1. The van der Waals surface area contributed by atoms with Crippen molar-refractivity contribution in [3.8, 4) is 0 Å². The maximum absolute atomic E-state index is 11.9. The lowest BCUT2D eigenvalue weighted by molar-refractivity contribution is 0.0746. The van der Waals surface area contributed by atoms with Gasteiger partial charge in [-0.05, 0) is 38.5 Å². The van der Waals surface area contributed by atoms with Crippen molar-refractivity contribution in [2.75, 3.05) is 13.2 Å². The van der Waals surface area contributed by atoms with Crippen LogP contribution in [0, 0.1) is 6.92 Å². The number of ether oxygens (including phenoxy) is 1. The molecular formula is C13H18ClNO4S. The number of hydrogen-bond donors (Lipinski definition) is 1. The van der Waals surface area contributed by atoms with Crippen molar-refractivity contribution in [1.82, 2.24) is 5.32 Å². The Bertz CT molecular complexity index is 584. The number of carbonyl (C=O) groups excluding carboxylic acids is 1. The van der Waals surface area contributed by atoms with Crippen LogP contribution in [0.15, 0.2) is 23.1 Å². The van der Waals surface area contributed by atoms with E-state index in [-0.39, 0.29) is 22.5 Å². The van der Waals surface area contributed by atoms with E-state index < -0.39 is 9.05 Å². The Hall–Kier alpha value is -1.11. The predicted octanol–water partition coefficient (Wildman–Crippen LogP) is 2.08. The molecule has 0 saturated heterocycles. The molecular weight excluding hydrogens is 302 g/mol. The highest BCUT2D eigenvalue weighted by Gasteiger charge is 2.16. The summed E-state index contributed by atoms with van der Waals surface area (Å²) in [6.45, 7) is 6.18. The predicted molar refractivity (Wildman–Crippen MR) is 77.6 cm³/mol. The third-order valence-corrected chi connectivity index (χ3v) is 4.02. The quantitative estimate of drug-likeness (QED) is 0.643. The molecule has 0 saturated carbocycles. The molecule has 1 aromatic carbocycles. The standard InChI is InChI=1S/C13H18ClNO4S/c1-9(2)19-7-6-15-13(16)11-5-4-10(3)12(8-11)20(14,17)18/h4-5,8-9H,6-7H2,1-3H3,(H,15,16). The summed E-state index contributed by atoms with van der Waals surface area (Å²) < 4.78 is 28.0. The molecule has 1 rings (SSSR count). The first kappa shape index (κ1) is 16.9. The molecule has 0 aliphatic rings. The van der Waals surface area contributed by atoms with E-state index in [1.165, 1.54) is 6.07 Å². The van der Waals surface area contributed by atoms with Gasteiger partial charge in [0.15, 0.2) is 0 Å². The topological polar surface area (TPSA) is 72.5 Å². The molecule has 0 heterocycles. The smallest absolute Gasteiger partial charge is 0.261 e. The minimum absolute atomic E-state index is 0.0507. The van der Waals surface area contributed by atoms with Crippen LogP contribution < -0.4 is 5.32 Å². The fraction of sp³-hybridized carbons (Fsp3) is 0.462. The second kappa shape index (κ2) is 7.06. The molecule has 0 radical (unpaired) electrons. The number of nitrogens with one attached hydrogen (secondary N) is 1. The second-order valence-electron chi connectivity index (χ2n) is 4.59. The molecule has 112 valence electrons. The lowest BCUT2D eigenvalue weighted by atomic mass is 10.1. The minimum Gasteiger partial charge on any atom is -0.377 e. The maximum atomic E-state index is 11.9. The Balaban J connectivity index is 2.75. The molecule has 0 atom stereocenters. The van der Waals surface area contributed by atoms with E-state index in [2.05, 4.69) is 5.32 Å². The Kier molecular flexibility index (Phi) is 5.98. The van der Waals surface area contributed by atoms with Crippen LogP contribution in [0.3, 0.4) is 0 Å². The van der Waals surface area contributed by atoms with Gasteiger partial charge in [0.05, 0.1) is 17.6 Å². The third kappa shape index (κ3) is 5.11. The summed E-state index contributed by atoms with van der Waals surface area (Å²) >= 11 is 0. The lowest BCUT2D eigenvalue weighted by Crippen LogP contribution is -2.28. The number of halogens is 1. The zero-order chi connectivity index (χ0) is 15.3. The Morgan fingerprint density at radius 3 is 2.60 bits per heavy atom. The number of amides is 1. The number of benzene rings is 1. The summed E-state index contributed by atoms with van der Waals surface area (Å²) in [5, 5.41) is 2.65. The largest absolute Gasteiger partial charge is 0.377 e. The highest BCUT2D eigenvalue weighted by molar-refractivity contribution is 8.13. The summed E-state index contributed by atoms with van der Waals surface area (Å²) in [7, 11) is 1.46. The first-order valence-corrected chi connectivity index (χ1v) is 8.48. The molecule has 0 bridgehead atoms. The van der Waals surface area contributed by atoms with Gasteiger partial charge in [-0.15, -0.1) is 0 Å². The van der Waals surface area contributed by atoms with E-state index in [4.69, 9.17) is 15.4 Å². The molecule has 0 spiro atoms. The average molecular weight is 320 g/mol. The van der Waals surface area contributed by atoms with E-state index in [1.54, 1.807) is 19.1 Å². The molecule has 20 heavy (non-hydrogen) atoms. The SMILES string of the molecule is Cc1ccc(C(=O)NCCOC(C)C)cc1S(=O)(=O)Cl. The van der Waals surface area contributed by atoms with Gasteiger partial charge in [-0.1, -0.05) is 6.07 Å². The monoisotopic (exact) mass is 319 g/mol. The Labute approximate surface area is 123 Å². The average Bonchev–Trinajstić information content (AvgIpc) is 2.33. The van der Waals surface area contributed by atoms with Gasteiger partial charge >= 0.3 is 0 Å². The van der Waals surface area contributed by atoms with Gasteiger partial charge in [-0.2, -0.15) is 0 Å². The maximum Gasteiger partial charge on any atom is 0.261 e. The lowest BCUT2D eigenvalue weighted by Gasteiger charge is -2.09. The van der Waals surface area contributed by atoms with Crippen molar-refractivity contribution >= 4 is 25.6 Å². The molecule has 0 unspecified atom stereocenters. The fourth-order valence-electron chi connectivity index (χ4n) is 1.57. The van der Waals surface area contributed by atoms with Crippen molar-refractivity contribution < 1.29 is 17.9 Å². The highest BCUT2D eigenvalue weighted by atomic mass is 35.7. The van der Waals surface area contributed by atoms with Gasteiger partial charge in [0.2, 0.25) is 0 Å². The van der Waals surface area contributed by atoms with E-state index in [0.29, 0.717) is 18.7 Å². The van der Waals surface area contributed by atoms with E-state index in [1.807, 2.05) is 13.8 Å². The van der Waals surface area contributed by atoms with Gasteiger partial charge in [0.1, 0.15) is 0 Å². The van der Waals surface area contributed by atoms with Gasteiger partial charge in [-0.25, -0.2) is 8.42 Å². The van der Waals surface area contributed by atoms with Gasteiger partial charge in [0.25, 0.3) is 15.0 Å². The van der Waals surface area contributed by atoms with E-state index in [0.717, 1.165) is 0 Å². The Morgan fingerprint density at radius 1 is 1.40 bits per heavy atom. The molecule has 5 nitrogen and oxygen atoms in total. The summed E-state index contributed by atoms with van der Waals surface area (Å²) in [5.41, 5.74) is 0.749. The zero-order valence-electron chi connectivity index (χ0n) is 11.6. The van der Waals surface area contributed by atoms with Crippen molar-refractivity contribution in [3.05, 3.63) is 29.3 Å². The van der Waals surface area contributed by atoms with Crippen LogP contribution in [0.25, 0.3) is 0 Å². The summed E-state index contributed by atoms with van der Waals surface area (Å²) in [4.78, 5) is 11.8. The molecule has 1 aromatic rings. The molecule has 0 fully saturated rings. The molecule has 0 aromatic heterocycles. The summed E-state index contributed by atoms with van der Waals surface area (Å²) in [6.07, 6.45) is 0.0965. The first-order chi connectivity index (χ1) is 9.21. The zero-order valence-corrected chi connectivity index (χ0v) is 13.2. The molecule has 1 amide bonds.